The molecule has 1 aliphatic rings. The Kier molecular flexibility index (Phi) is 6.50. The van der Waals surface area contributed by atoms with Crippen LogP contribution in [0.2, 0.25) is 0 Å². The maximum absolute atomic E-state index is 13.4. The van der Waals surface area contributed by atoms with Gasteiger partial charge < -0.3 is 5.32 Å². The molecule has 0 spiro atoms. The van der Waals surface area contributed by atoms with Crippen LogP contribution < -0.4 is 5.32 Å². The molecule has 4 rings (SSSR count). The number of rotatable bonds is 5. The van der Waals surface area contributed by atoms with Gasteiger partial charge in [0, 0.05) is 17.5 Å². The van der Waals surface area contributed by atoms with E-state index in [-0.39, 0.29) is 17.1 Å². The number of hydrogen-bond donors (Lipinski definition) is 1. The third kappa shape index (κ3) is 5.32. The van der Waals surface area contributed by atoms with Gasteiger partial charge in [0.1, 0.15) is 11.6 Å². The summed E-state index contributed by atoms with van der Waals surface area (Å²) >= 11 is 0. The predicted molar refractivity (Wildman–Crippen MR) is 130 cm³/mol. The minimum atomic E-state index is -4.74. The normalized spacial score (nSPS) is 16.4. The third-order valence-electron chi connectivity index (χ3n) is 6.10. The van der Waals surface area contributed by atoms with Crippen molar-refractivity contribution in [3.63, 3.8) is 0 Å². The topological polar surface area (TPSA) is 115 Å². The van der Waals surface area contributed by atoms with E-state index >= 15 is 0 Å². The van der Waals surface area contributed by atoms with Crippen molar-refractivity contribution in [2.45, 2.75) is 39.4 Å². The minimum absolute atomic E-state index is 0.0410. The van der Waals surface area contributed by atoms with Gasteiger partial charge in [-0.15, -0.1) is 0 Å². The van der Waals surface area contributed by atoms with E-state index in [1.165, 1.54) is 0 Å². The highest BCUT2D eigenvalue weighted by molar-refractivity contribution is 7.91. The first-order valence-electron chi connectivity index (χ1n) is 11.1. The number of allylic oxidation sites excluding steroid dienone is 1. The van der Waals surface area contributed by atoms with Crippen molar-refractivity contribution in [3.05, 3.63) is 74.6 Å². The number of anilines is 1. The Hall–Kier alpha value is -3.54. The Balaban J connectivity index is 1.78. The molecule has 0 fully saturated rings. The molecule has 3 aromatic rings. The van der Waals surface area contributed by atoms with E-state index in [9.17, 15) is 31.7 Å². The van der Waals surface area contributed by atoms with E-state index in [1.807, 2.05) is 19.1 Å². The zero-order valence-electron chi connectivity index (χ0n) is 19.7. The number of non-ortho nitro benzene ring substituents is 1. The molecular weight excluding hydrogens is 497 g/mol. The molecule has 190 valence electrons. The number of nitro groups is 1. The number of nitrogens with one attached hydrogen (secondary N) is 1. The standard InChI is InChI=1S/C24H23F3N4O4S/c1-13-8-22-21(12-20(13)16-4-6-36(34,35)7-5-16)23(30-15(3)29-22)28-14(2)17-9-18(24(25,26)27)11-19(10-17)31(32)33/h4,8-12,14H,5-7H2,1-3H3,(H,28,29,30)/t14-/m1/s1. The first-order chi connectivity index (χ1) is 16.7. The summed E-state index contributed by atoms with van der Waals surface area (Å²) in [5, 5.41) is 14.9. The van der Waals surface area contributed by atoms with E-state index in [0.29, 0.717) is 35.0 Å². The summed E-state index contributed by atoms with van der Waals surface area (Å²) in [6, 6.07) is 5.43. The Labute approximate surface area is 205 Å². The van der Waals surface area contributed by atoms with Crippen LogP contribution in [0.4, 0.5) is 24.7 Å². The van der Waals surface area contributed by atoms with Crippen LogP contribution in [-0.2, 0) is 16.0 Å². The van der Waals surface area contributed by atoms with E-state index in [4.69, 9.17) is 0 Å². The first kappa shape index (κ1) is 25.5. The molecule has 0 aliphatic carbocycles. The SMILES string of the molecule is Cc1nc(N[C@H](C)c2cc([N+](=O)[O-])cc(C(F)(F)F)c2)c2cc(C3=CCS(=O)(=O)CC3)c(C)cc2n1. The summed E-state index contributed by atoms with van der Waals surface area (Å²) in [6.45, 7) is 5.17. The fourth-order valence-corrected chi connectivity index (χ4v) is 5.37. The van der Waals surface area contributed by atoms with Crippen molar-refractivity contribution in [1.29, 1.82) is 0 Å². The number of aromatic nitrogens is 2. The van der Waals surface area contributed by atoms with Gasteiger partial charge in [0.15, 0.2) is 9.84 Å². The van der Waals surface area contributed by atoms with Crippen molar-refractivity contribution in [3.8, 4) is 0 Å². The van der Waals surface area contributed by atoms with Crippen LogP contribution >= 0.6 is 0 Å². The molecule has 1 aromatic heterocycles. The number of hydrogen-bond acceptors (Lipinski definition) is 7. The minimum Gasteiger partial charge on any atom is -0.363 e. The number of nitro benzene ring substituents is 1. The molecule has 2 aromatic carbocycles. The number of fused-ring (bicyclic) bond motifs is 1. The fourth-order valence-electron chi connectivity index (χ4n) is 4.22. The molecule has 1 N–H and O–H groups in total. The molecule has 0 unspecified atom stereocenters. The Bertz CT molecular complexity index is 1520. The number of sulfone groups is 1. The molecule has 0 bridgehead atoms. The maximum atomic E-state index is 13.4. The Morgan fingerprint density at radius 3 is 2.44 bits per heavy atom. The van der Waals surface area contributed by atoms with Gasteiger partial charge in [0.2, 0.25) is 0 Å². The van der Waals surface area contributed by atoms with Gasteiger partial charge in [-0.3, -0.25) is 10.1 Å². The third-order valence-corrected chi connectivity index (χ3v) is 7.60. The lowest BCUT2D eigenvalue weighted by molar-refractivity contribution is -0.385. The average Bonchev–Trinajstić information content (AvgIpc) is 2.78. The van der Waals surface area contributed by atoms with Crippen LogP contribution in [0, 0.1) is 24.0 Å². The lowest BCUT2D eigenvalue weighted by atomic mass is 9.96. The summed E-state index contributed by atoms with van der Waals surface area (Å²) in [5.74, 6) is 0.801. The van der Waals surface area contributed by atoms with Crippen LogP contribution in [0.15, 0.2) is 36.4 Å². The second-order valence-corrected chi connectivity index (χ2v) is 11.1. The first-order valence-corrected chi connectivity index (χ1v) is 12.9. The van der Waals surface area contributed by atoms with Crippen molar-refractivity contribution in [2.24, 2.45) is 0 Å². The van der Waals surface area contributed by atoms with Crippen LogP contribution in [-0.4, -0.2) is 34.8 Å². The van der Waals surface area contributed by atoms with E-state index in [2.05, 4.69) is 15.3 Å². The zero-order valence-corrected chi connectivity index (χ0v) is 20.5. The highest BCUT2D eigenvalue weighted by atomic mass is 32.2. The van der Waals surface area contributed by atoms with Crippen LogP contribution in [0.3, 0.4) is 0 Å². The van der Waals surface area contributed by atoms with Crippen molar-refractivity contribution < 1.29 is 26.5 Å². The molecule has 0 amide bonds. The molecule has 8 nitrogen and oxygen atoms in total. The van der Waals surface area contributed by atoms with Gasteiger partial charge in [-0.2, -0.15) is 13.2 Å². The largest absolute Gasteiger partial charge is 0.416 e. The lowest BCUT2D eigenvalue weighted by Crippen LogP contribution is -2.15. The maximum Gasteiger partial charge on any atom is 0.416 e. The summed E-state index contributed by atoms with van der Waals surface area (Å²) < 4.78 is 63.8. The van der Waals surface area contributed by atoms with Gasteiger partial charge in [-0.05, 0) is 67.7 Å². The molecule has 12 heteroatoms. The molecule has 1 atom stereocenters. The lowest BCUT2D eigenvalue weighted by Gasteiger charge is -2.20. The highest BCUT2D eigenvalue weighted by Crippen LogP contribution is 2.36. The van der Waals surface area contributed by atoms with Crippen LogP contribution in [0.25, 0.3) is 16.5 Å². The van der Waals surface area contributed by atoms with Crippen molar-refractivity contribution in [2.75, 3.05) is 16.8 Å². The number of nitrogens with zero attached hydrogens (tertiary/aromatic N) is 3. The van der Waals surface area contributed by atoms with Gasteiger partial charge in [0.25, 0.3) is 5.69 Å². The number of benzene rings is 2. The molecule has 2 heterocycles. The predicted octanol–water partition coefficient (Wildman–Crippen LogP) is 5.55. The van der Waals surface area contributed by atoms with Gasteiger partial charge >= 0.3 is 6.18 Å². The monoisotopic (exact) mass is 520 g/mol. The molecule has 0 radical (unpaired) electrons. The van der Waals surface area contributed by atoms with Crippen LogP contribution in [0.5, 0.6) is 0 Å². The van der Waals surface area contributed by atoms with Crippen molar-refractivity contribution in [1.82, 2.24) is 9.97 Å². The number of halogens is 3. The quantitative estimate of drug-likeness (QED) is 0.346. The average molecular weight is 521 g/mol. The smallest absolute Gasteiger partial charge is 0.363 e. The van der Waals surface area contributed by atoms with E-state index in [1.54, 1.807) is 19.9 Å². The number of aryl methyl sites for hydroxylation is 2. The molecular formula is C24H23F3N4O4S. The molecule has 0 saturated heterocycles. The van der Waals surface area contributed by atoms with Gasteiger partial charge in [-0.25, -0.2) is 18.4 Å². The van der Waals surface area contributed by atoms with Crippen LogP contribution in [0.1, 0.15) is 47.5 Å². The van der Waals surface area contributed by atoms with E-state index < -0.39 is 38.2 Å². The Morgan fingerprint density at radius 2 is 1.83 bits per heavy atom. The van der Waals surface area contributed by atoms with Gasteiger partial charge in [-0.1, -0.05) is 6.08 Å². The van der Waals surface area contributed by atoms with Crippen molar-refractivity contribution >= 4 is 37.8 Å². The second-order valence-electron chi connectivity index (χ2n) is 8.83. The summed E-state index contributed by atoms with van der Waals surface area (Å²) in [4.78, 5) is 19.3. The summed E-state index contributed by atoms with van der Waals surface area (Å²) in [5.41, 5.74) is 1.55. The summed E-state index contributed by atoms with van der Waals surface area (Å²) in [6.07, 6.45) is -2.68. The molecule has 0 saturated carbocycles. The molecule has 36 heavy (non-hydrogen) atoms. The zero-order chi connectivity index (χ0) is 26.4. The Morgan fingerprint density at radius 1 is 1.11 bits per heavy atom. The molecule has 1 aliphatic heterocycles. The van der Waals surface area contributed by atoms with E-state index in [0.717, 1.165) is 28.8 Å². The second kappa shape index (κ2) is 9.16. The highest BCUT2D eigenvalue weighted by Gasteiger charge is 2.33. The fraction of sp³-hybridized carbons (Fsp3) is 0.333. The number of alkyl halides is 3. The summed E-state index contributed by atoms with van der Waals surface area (Å²) in [7, 11) is -3.10. The van der Waals surface area contributed by atoms with Gasteiger partial charge in [0.05, 0.1) is 33.6 Å².